The van der Waals surface area contributed by atoms with Crippen LogP contribution in [0.15, 0.2) is 18.3 Å². The van der Waals surface area contributed by atoms with Crippen LogP contribution >= 0.6 is 0 Å². The zero-order valence-corrected chi connectivity index (χ0v) is 8.70. The lowest BCUT2D eigenvalue weighted by atomic mass is 10.3. The van der Waals surface area contributed by atoms with Crippen molar-refractivity contribution in [3.05, 3.63) is 24.0 Å². The highest BCUT2D eigenvalue weighted by molar-refractivity contribution is 5.19. The lowest BCUT2D eigenvalue weighted by Crippen LogP contribution is -2.04. The summed E-state index contributed by atoms with van der Waals surface area (Å²) >= 11 is 0. The maximum absolute atomic E-state index is 5.49. The molecule has 0 amide bonds. The summed E-state index contributed by atoms with van der Waals surface area (Å²) in [5.41, 5.74) is 6.45. The quantitative estimate of drug-likeness (QED) is 0.702. The highest BCUT2D eigenvalue weighted by atomic mass is 16.5. The van der Waals surface area contributed by atoms with Crippen molar-refractivity contribution in [2.75, 3.05) is 13.2 Å². The number of ether oxygens (including phenoxy) is 1. The van der Waals surface area contributed by atoms with Crippen LogP contribution < -0.4 is 10.5 Å². The molecule has 1 aromatic rings. The molecule has 0 atom stereocenters. The molecule has 3 nitrogen and oxygen atoms in total. The van der Waals surface area contributed by atoms with Crippen molar-refractivity contribution < 1.29 is 4.74 Å². The standard InChI is InChI=1S/C11H18N2O/c1-2-3-8-14-11-5-4-10(6-7-12)13-9-11/h4-5,9H,2-3,6-8,12H2,1H3. The lowest BCUT2D eigenvalue weighted by molar-refractivity contribution is 0.308. The molecule has 1 heterocycles. The fourth-order valence-electron chi connectivity index (χ4n) is 1.13. The van der Waals surface area contributed by atoms with Gasteiger partial charge in [-0.2, -0.15) is 0 Å². The van der Waals surface area contributed by atoms with Crippen LogP contribution in [-0.2, 0) is 6.42 Å². The van der Waals surface area contributed by atoms with E-state index in [-0.39, 0.29) is 0 Å². The molecular weight excluding hydrogens is 176 g/mol. The van der Waals surface area contributed by atoms with E-state index in [0.29, 0.717) is 6.54 Å². The van der Waals surface area contributed by atoms with E-state index in [0.717, 1.165) is 37.3 Å². The smallest absolute Gasteiger partial charge is 0.137 e. The molecular formula is C11H18N2O. The van der Waals surface area contributed by atoms with Crippen LogP contribution in [0.2, 0.25) is 0 Å². The number of nitrogens with zero attached hydrogens (tertiary/aromatic N) is 1. The minimum Gasteiger partial charge on any atom is -0.492 e. The Balaban J connectivity index is 2.38. The Labute approximate surface area is 85.3 Å². The van der Waals surface area contributed by atoms with Crippen molar-refractivity contribution in [3.8, 4) is 5.75 Å². The summed E-state index contributed by atoms with van der Waals surface area (Å²) < 4.78 is 5.49. The van der Waals surface area contributed by atoms with Crippen LogP contribution in [0.3, 0.4) is 0 Å². The van der Waals surface area contributed by atoms with Gasteiger partial charge in [0.1, 0.15) is 5.75 Å². The molecule has 0 aliphatic carbocycles. The molecule has 1 aromatic heterocycles. The molecule has 0 aromatic carbocycles. The first-order chi connectivity index (χ1) is 6.86. The fraction of sp³-hybridized carbons (Fsp3) is 0.545. The molecule has 0 unspecified atom stereocenters. The van der Waals surface area contributed by atoms with Gasteiger partial charge in [0.15, 0.2) is 0 Å². The number of hydrogen-bond donors (Lipinski definition) is 1. The van der Waals surface area contributed by atoms with E-state index in [4.69, 9.17) is 10.5 Å². The topological polar surface area (TPSA) is 48.1 Å². The van der Waals surface area contributed by atoms with E-state index in [2.05, 4.69) is 11.9 Å². The Bertz CT molecular complexity index is 246. The second-order valence-electron chi connectivity index (χ2n) is 3.23. The first kappa shape index (κ1) is 11.0. The molecule has 0 spiro atoms. The predicted octanol–water partition coefficient (Wildman–Crippen LogP) is 1.76. The molecule has 0 fully saturated rings. The third-order valence-corrected chi connectivity index (χ3v) is 1.96. The number of aromatic nitrogens is 1. The fourth-order valence-corrected chi connectivity index (χ4v) is 1.13. The second kappa shape index (κ2) is 6.38. The molecule has 0 saturated heterocycles. The van der Waals surface area contributed by atoms with Crippen LogP contribution in [0, 0.1) is 0 Å². The van der Waals surface area contributed by atoms with Crippen molar-refractivity contribution in [1.29, 1.82) is 0 Å². The van der Waals surface area contributed by atoms with Crippen LogP contribution in [0.4, 0.5) is 0 Å². The van der Waals surface area contributed by atoms with Crippen molar-refractivity contribution in [3.63, 3.8) is 0 Å². The Morgan fingerprint density at radius 1 is 1.43 bits per heavy atom. The van der Waals surface area contributed by atoms with E-state index in [1.807, 2.05) is 12.1 Å². The van der Waals surface area contributed by atoms with Crippen molar-refractivity contribution in [2.24, 2.45) is 5.73 Å². The highest BCUT2D eigenvalue weighted by Crippen LogP contribution is 2.09. The van der Waals surface area contributed by atoms with E-state index < -0.39 is 0 Å². The monoisotopic (exact) mass is 194 g/mol. The molecule has 0 bridgehead atoms. The van der Waals surface area contributed by atoms with E-state index in [1.54, 1.807) is 6.20 Å². The van der Waals surface area contributed by atoms with Crippen LogP contribution in [0.25, 0.3) is 0 Å². The Morgan fingerprint density at radius 3 is 2.86 bits per heavy atom. The number of pyridine rings is 1. The largest absolute Gasteiger partial charge is 0.492 e. The van der Waals surface area contributed by atoms with E-state index >= 15 is 0 Å². The average Bonchev–Trinajstić information content (AvgIpc) is 2.21. The zero-order valence-electron chi connectivity index (χ0n) is 8.70. The predicted molar refractivity (Wildman–Crippen MR) is 57.4 cm³/mol. The van der Waals surface area contributed by atoms with E-state index in [1.165, 1.54) is 0 Å². The van der Waals surface area contributed by atoms with Gasteiger partial charge < -0.3 is 10.5 Å². The SMILES string of the molecule is CCCCOc1ccc(CCN)nc1. The van der Waals surface area contributed by atoms with Crippen molar-refractivity contribution in [1.82, 2.24) is 4.98 Å². The first-order valence-electron chi connectivity index (χ1n) is 5.14. The van der Waals surface area contributed by atoms with Gasteiger partial charge in [0, 0.05) is 12.1 Å². The zero-order chi connectivity index (χ0) is 10.2. The molecule has 0 aliphatic heterocycles. The first-order valence-corrected chi connectivity index (χ1v) is 5.14. The summed E-state index contributed by atoms with van der Waals surface area (Å²) in [6.45, 7) is 3.56. The Morgan fingerprint density at radius 2 is 2.29 bits per heavy atom. The minimum absolute atomic E-state index is 0.642. The molecule has 1 rings (SSSR count). The van der Waals surface area contributed by atoms with Gasteiger partial charge in [-0.3, -0.25) is 4.98 Å². The minimum atomic E-state index is 0.642. The number of hydrogen-bond acceptors (Lipinski definition) is 3. The normalized spacial score (nSPS) is 10.1. The van der Waals surface area contributed by atoms with Crippen molar-refractivity contribution in [2.45, 2.75) is 26.2 Å². The van der Waals surface area contributed by atoms with Crippen molar-refractivity contribution >= 4 is 0 Å². The van der Waals surface area contributed by atoms with E-state index in [9.17, 15) is 0 Å². The Hall–Kier alpha value is -1.09. The number of rotatable bonds is 6. The third-order valence-electron chi connectivity index (χ3n) is 1.96. The summed E-state index contributed by atoms with van der Waals surface area (Å²) in [6, 6.07) is 3.92. The van der Waals surface area contributed by atoms with Gasteiger partial charge >= 0.3 is 0 Å². The van der Waals surface area contributed by atoms with Gasteiger partial charge in [0.05, 0.1) is 12.8 Å². The molecule has 14 heavy (non-hydrogen) atoms. The Kier molecular flexibility index (Phi) is 5.00. The number of unbranched alkanes of at least 4 members (excludes halogenated alkanes) is 1. The average molecular weight is 194 g/mol. The van der Waals surface area contributed by atoms with Gasteiger partial charge in [0.25, 0.3) is 0 Å². The van der Waals surface area contributed by atoms with Gasteiger partial charge in [-0.25, -0.2) is 0 Å². The van der Waals surface area contributed by atoms with Gasteiger partial charge in [-0.1, -0.05) is 13.3 Å². The maximum Gasteiger partial charge on any atom is 0.137 e. The summed E-state index contributed by atoms with van der Waals surface area (Å²) in [7, 11) is 0. The van der Waals surface area contributed by atoms with Crippen LogP contribution in [0.5, 0.6) is 5.75 Å². The lowest BCUT2D eigenvalue weighted by Gasteiger charge is -2.05. The third kappa shape index (κ3) is 3.75. The number of nitrogens with two attached hydrogens (primary N) is 1. The molecule has 78 valence electrons. The summed E-state index contributed by atoms with van der Waals surface area (Å²) in [5, 5.41) is 0. The molecule has 2 N–H and O–H groups in total. The van der Waals surface area contributed by atoms with Gasteiger partial charge in [0.2, 0.25) is 0 Å². The molecule has 0 radical (unpaired) electrons. The molecule has 0 saturated carbocycles. The summed E-state index contributed by atoms with van der Waals surface area (Å²) in [4.78, 5) is 4.24. The maximum atomic E-state index is 5.49. The van der Waals surface area contributed by atoms with Crippen LogP contribution in [0.1, 0.15) is 25.5 Å². The second-order valence-corrected chi connectivity index (χ2v) is 3.23. The highest BCUT2D eigenvalue weighted by Gasteiger charge is 1.95. The van der Waals surface area contributed by atoms with Crippen LogP contribution in [-0.4, -0.2) is 18.1 Å². The summed E-state index contributed by atoms with van der Waals surface area (Å²) in [6.07, 6.45) is 4.83. The molecule has 3 heteroatoms. The van der Waals surface area contributed by atoms with Gasteiger partial charge in [-0.15, -0.1) is 0 Å². The van der Waals surface area contributed by atoms with Gasteiger partial charge in [-0.05, 0) is 25.1 Å². The molecule has 0 aliphatic rings. The summed E-state index contributed by atoms with van der Waals surface area (Å²) in [5.74, 6) is 0.847.